The van der Waals surface area contributed by atoms with E-state index in [4.69, 9.17) is 0 Å². The van der Waals surface area contributed by atoms with Crippen molar-refractivity contribution in [2.75, 3.05) is 5.32 Å². The molecule has 1 fully saturated rings. The first-order chi connectivity index (χ1) is 11.5. The number of hydrogen-bond donors (Lipinski definition) is 1. The number of nitrogens with one attached hydrogen (secondary N) is 1. The standard InChI is InChI=1S/C17H22N4O2S/c1-11-8-14(22)9-12(2)21(11)10-15(23)18-17-20-19-16(24-17)13-6-4-3-5-7-13/h8-9,13H,3-7,10H2,1-2H3,(H,18,20,23). The van der Waals surface area contributed by atoms with Crippen molar-refractivity contribution in [2.45, 2.75) is 58.4 Å². The van der Waals surface area contributed by atoms with E-state index >= 15 is 0 Å². The van der Waals surface area contributed by atoms with Crippen LogP contribution in [-0.2, 0) is 11.3 Å². The van der Waals surface area contributed by atoms with Crippen LogP contribution in [0.15, 0.2) is 16.9 Å². The molecular weight excluding hydrogens is 324 g/mol. The summed E-state index contributed by atoms with van der Waals surface area (Å²) in [7, 11) is 0. The van der Waals surface area contributed by atoms with Crippen LogP contribution < -0.4 is 10.7 Å². The normalized spacial score (nSPS) is 15.4. The SMILES string of the molecule is Cc1cc(=O)cc(C)n1CC(=O)Nc1nnc(C2CCCCC2)s1. The zero-order valence-corrected chi connectivity index (χ0v) is 14.9. The Morgan fingerprint density at radius 2 is 1.88 bits per heavy atom. The summed E-state index contributed by atoms with van der Waals surface area (Å²) < 4.78 is 1.82. The van der Waals surface area contributed by atoms with Crippen molar-refractivity contribution in [3.8, 4) is 0 Å². The zero-order chi connectivity index (χ0) is 17.1. The average Bonchev–Trinajstić information content (AvgIpc) is 3.00. The van der Waals surface area contributed by atoms with E-state index in [0.717, 1.165) is 16.4 Å². The molecule has 0 spiro atoms. The molecule has 0 aliphatic heterocycles. The van der Waals surface area contributed by atoms with Crippen molar-refractivity contribution in [3.63, 3.8) is 0 Å². The molecular formula is C17H22N4O2S. The van der Waals surface area contributed by atoms with Gasteiger partial charge < -0.3 is 4.57 Å². The lowest BCUT2D eigenvalue weighted by Crippen LogP contribution is -2.23. The van der Waals surface area contributed by atoms with Gasteiger partial charge in [0.25, 0.3) is 0 Å². The molecule has 1 aliphatic rings. The molecule has 2 aromatic rings. The summed E-state index contributed by atoms with van der Waals surface area (Å²) in [5.41, 5.74) is 1.51. The first-order valence-corrected chi connectivity index (χ1v) is 9.16. The summed E-state index contributed by atoms with van der Waals surface area (Å²) >= 11 is 1.48. The van der Waals surface area contributed by atoms with Crippen LogP contribution in [0.3, 0.4) is 0 Å². The van der Waals surface area contributed by atoms with Gasteiger partial charge in [-0.25, -0.2) is 0 Å². The predicted octanol–water partition coefficient (Wildman–Crippen LogP) is 3.00. The van der Waals surface area contributed by atoms with Gasteiger partial charge in [-0.2, -0.15) is 0 Å². The van der Waals surface area contributed by atoms with E-state index in [1.54, 1.807) is 0 Å². The van der Waals surface area contributed by atoms with Crippen LogP contribution >= 0.6 is 11.3 Å². The predicted molar refractivity (Wildman–Crippen MR) is 94.5 cm³/mol. The Bertz CT molecular complexity index is 764. The molecule has 0 bridgehead atoms. The van der Waals surface area contributed by atoms with E-state index in [0.29, 0.717) is 11.0 Å². The lowest BCUT2D eigenvalue weighted by Gasteiger charge is -2.18. The average molecular weight is 346 g/mol. The molecule has 6 nitrogen and oxygen atoms in total. The maximum atomic E-state index is 12.3. The second kappa shape index (κ2) is 7.25. The number of aromatic nitrogens is 3. The fraction of sp³-hybridized carbons (Fsp3) is 0.529. The quantitative estimate of drug-likeness (QED) is 0.923. The Balaban J connectivity index is 1.65. The first kappa shape index (κ1) is 16.8. The maximum Gasteiger partial charge on any atom is 0.246 e. The Hall–Kier alpha value is -2.02. The minimum Gasteiger partial charge on any atom is -0.340 e. The smallest absolute Gasteiger partial charge is 0.246 e. The van der Waals surface area contributed by atoms with Crippen molar-refractivity contribution in [2.24, 2.45) is 0 Å². The molecule has 2 heterocycles. The minimum absolute atomic E-state index is 0.0390. The molecule has 3 rings (SSSR count). The maximum absolute atomic E-state index is 12.3. The molecule has 1 N–H and O–H groups in total. The number of rotatable bonds is 4. The number of nitrogens with zero attached hydrogens (tertiary/aromatic N) is 3. The molecule has 7 heteroatoms. The van der Waals surface area contributed by atoms with Crippen LogP contribution in [0.4, 0.5) is 5.13 Å². The van der Waals surface area contributed by atoms with E-state index < -0.39 is 0 Å². The molecule has 128 valence electrons. The molecule has 1 saturated carbocycles. The van der Waals surface area contributed by atoms with Crippen molar-refractivity contribution in [1.29, 1.82) is 0 Å². The van der Waals surface area contributed by atoms with E-state index in [1.165, 1.54) is 55.6 Å². The van der Waals surface area contributed by atoms with Gasteiger partial charge in [-0.1, -0.05) is 30.6 Å². The highest BCUT2D eigenvalue weighted by molar-refractivity contribution is 7.15. The Morgan fingerprint density at radius 3 is 2.54 bits per heavy atom. The van der Waals surface area contributed by atoms with Crippen LogP contribution in [0.2, 0.25) is 0 Å². The van der Waals surface area contributed by atoms with Crippen LogP contribution in [-0.4, -0.2) is 20.7 Å². The highest BCUT2D eigenvalue weighted by atomic mass is 32.1. The van der Waals surface area contributed by atoms with Gasteiger partial charge in [-0.15, -0.1) is 10.2 Å². The largest absolute Gasteiger partial charge is 0.340 e. The van der Waals surface area contributed by atoms with Gasteiger partial charge in [0.05, 0.1) is 0 Å². The van der Waals surface area contributed by atoms with Crippen molar-refractivity contribution >= 4 is 22.4 Å². The summed E-state index contributed by atoms with van der Waals surface area (Å²) in [6, 6.07) is 3.07. The number of carbonyl (C=O) groups excluding carboxylic acids is 1. The van der Waals surface area contributed by atoms with E-state index in [2.05, 4.69) is 15.5 Å². The van der Waals surface area contributed by atoms with E-state index in [9.17, 15) is 9.59 Å². The molecule has 2 aromatic heterocycles. The molecule has 1 amide bonds. The number of carbonyl (C=O) groups is 1. The van der Waals surface area contributed by atoms with Gasteiger partial charge in [0.1, 0.15) is 11.6 Å². The van der Waals surface area contributed by atoms with Crippen LogP contribution in [0.5, 0.6) is 0 Å². The molecule has 0 saturated heterocycles. The Kier molecular flexibility index (Phi) is 5.08. The summed E-state index contributed by atoms with van der Waals surface area (Å²) in [6.07, 6.45) is 6.13. The summed E-state index contributed by atoms with van der Waals surface area (Å²) in [5.74, 6) is 0.335. The van der Waals surface area contributed by atoms with Gasteiger partial charge in [0.2, 0.25) is 11.0 Å². The van der Waals surface area contributed by atoms with E-state index in [-0.39, 0.29) is 17.9 Å². The molecule has 0 unspecified atom stereocenters. The first-order valence-electron chi connectivity index (χ1n) is 8.34. The molecule has 1 aliphatic carbocycles. The highest BCUT2D eigenvalue weighted by Gasteiger charge is 2.20. The topological polar surface area (TPSA) is 76.9 Å². The fourth-order valence-electron chi connectivity index (χ4n) is 3.24. The molecule has 24 heavy (non-hydrogen) atoms. The van der Waals surface area contributed by atoms with Gasteiger partial charge in [0, 0.05) is 29.4 Å². The number of pyridine rings is 1. The van der Waals surface area contributed by atoms with Crippen LogP contribution in [0.1, 0.15) is 54.4 Å². The molecule has 0 aromatic carbocycles. The van der Waals surface area contributed by atoms with Crippen molar-refractivity contribution < 1.29 is 4.79 Å². The summed E-state index contributed by atoms with van der Waals surface area (Å²) in [4.78, 5) is 23.7. The number of aryl methyl sites for hydroxylation is 2. The second-order valence-electron chi connectivity index (χ2n) is 6.39. The van der Waals surface area contributed by atoms with Gasteiger partial charge in [0.15, 0.2) is 5.43 Å². The number of amides is 1. The van der Waals surface area contributed by atoms with Gasteiger partial charge in [-0.3, -0.25) is 14.9 Å². The third-order valence-corrected chi connectivity index (χ3v) is 5.50. The monoisotopic (exact) mass is 346 g/mol. The lowest BCUT2D eigenvalue weighted by molar-refractivity contribution is -0.116. The Morgan fingerprint density at radius 1 is 1.21 bits per heavy atom. The number of anilines is 1. The third kappa shape index (κ3) is 3.90. The Labute approximate surface area is 144 Å². The van der Waals surface area contributed by atoms with Crippen molar-refractivity contribution in [1.82, 2.24) is 14.8 Å². The lowest BCUT2D eigenvalue weighted by atomic mass is 9.90. The second-order valence-corrected chi connectivity index (χ2v) is 7.40. The molecule has 0 atom stereocenters. The van der Waals surface area contributed by atoms with Crippen LogP contribution in [0, 0.1) is 13.8 Å². The van der Waals surface area contributed by atoms with Crippen LogP contribution in [0.25, 0.3) is 0 Å². The number of hydrogen-bond acceptors (Lipinski definition) is 5. The van der Waals surface area contributed by atoms with Gasteiger partial charge in [-0.05, 0) is 26.7 Å². The third-order valence-electron chi connectivity index (χ3n) is 4.50. The highest BCUT2D eigenvalue weighted by Crippen LogP contribution is 2.35. The van der Waals surface area contributed by atoms with Crippen molar-refractivity contribution in [3.05, 3.63) is 38.8 Å². The van der Waals surface area contributed by atoms with E-state index in [1.807, 2.05) is 18.4 Å². The summed E-state index contributed by atoms with van der Waals surface area (Å²) in [5, 5.41) is 12.8. The minimum atomic E-state index is -0.156. The fourth-order valence-corrected chi connectivity index (χ4v) is 4.17. The van der Waals surface area contributed by atoms with Gasteiger partial charge >= 0.3 is 0 Å². The molecule has 0 radical (unpaired) electrons. The summed E-state index contributed by atoms with van der Waals surface area (Å²) in [6.45, 7) is 3.82. The zero-order valence-electron chi connectivity index (χ0n) is 14.0.